The van der Waals surface area contributed by atoms with Crippen molar-refractivity contribution < 1.29 is 14.3 Å². The largest absolute Gasteiger partial charge is 0.494 e. The molecular formula is C23H38N2O3. The summed E-state index contributed by atoms with van der Waals surface area (Å²) in [4.78, 5) is 15.1. The highest BCUT2D eigenvalue weighted by Crippen LogP contribution is 2.23. The number of nitrogens with zero attached hydrogens (tertiary/aromatic N) is 1. The molecular weight excluding hydrogens is 352 g/mol. The number of likely N-dealkylation sites (tertiary alicyclic amines) is 1. The molecule has 1 amide bonds. The van der Waals surface area contributed by atoms with Crippen molar-refractivity contribution in [3.63, 3.8) is 0 Å². The van der Waals surface area contributed by atoms with E-state index in [1.165, 1.54) is 25.9 Å². The smallest absolute Gasteiger partial charge is 0.256 e. The van der Waals surface area contributed by atoms with Gasteiger partial charge in [0.05, 0.1) is 6.61 Å². The van der Waals surface area contributed by atoms with Gasteiger partial charge in [-0.15, -0.1) is 0 Å². The van der Waals surface area contributed by atoms with Gasteiger partial charge in [-0.05, 0) is 81.8 Å². The number of anilines is 1. The van der Waals surface area contributed by atoms with Gasteiger partial charge < -0.3 is 19.7 Å². The van der Waals surface area contributed by atoms with E-state index in [1.807, 2.05) is 31.2 Å². The Labute approximate surface area is 170 Å². The second kappa shape index (κ2) is 10.8. The van der Waals surface area contributed by atoms with E-state index in [0.29, 0.717) is 18.9 Å². The first-order valence-corrected chi connectivity index (χ1v) is 10.6. The van der Waals surface area contributed by atoms with Crippen LogP contribution in [0.1, 0.15) is 53.4 Å². The number of hydrogen-bond donors (Lipinski definition) is 1. The normalized spacial score (nSPS) is 18.1. The maximum atomic E-state index is 12.6. The van der Waals surface area contributed by atoms with Crippen molar-refractivity contribution in [2.24, 2.45) is 11.8 Å². The van der Waals surface area contributed by atoms with Crippen LogP contribution in [-0.4, -0.2) is 49.8 Å². The van der Waals surface area contributed by atoms with Crippen molar-refractivity contribution in [2.75, 3.05) is 38.7 Å². The number of ether oxygens (including phenoxy) is 2. The lowest BCUT2D eigenvalue weighted by atomic mass is 9.93. The van der Waals surface area contributed by atoms with Crippen LogP contribution in [0.3, 0.4) is 0 Å². The zero-order valence-corrected chi connectivity index (χ0v) is 18.3. The molecule has 0 bridgehead atoms. The van der Waals surface area contributed by atoms with Gasteiger partial charge in [-0.25, -0.2) is 0 Å². The predicted octanol–water partition coefficient (Wildman–Crippen LogP) is 4.58. The zero-order valence-electron chi connectivity index (χ0n) is 18.3. The third kappa shape index (κ3) is 7.10. The van der Waals surface area contributed by atoms with E-state index in [0.717, 1.165) is 30.3 Å². The zero-order chi connectivity index (χ0) is 20.6. The topological polar surface area (TPSA) is 50.8 Å². The molecule has 0 aliphatic carbocycles. The summed E-state index contributed by atoms with van der Waals surface area (Å²) in [5, 5.41) is 2.95. The second-order valence-electron chi connectivity index (χ2n) is 8.74. The number of rotatable bonds is 10. The molecule has 1 aromatic rings. The number of nitrogens with one attached hydrogen (secondary N) is 1. The molecule has 28 heavy (non-hydrogen) atoms. The summed E-state index contributed by atoms with van der Waals surface area (Å²) in [6.07, 6.45) is 4.33. The van der Waals surface area contributed by atoms with Gasteiger partial charge >= 0.3 is 0 Å². The monoisotopic (exact) mass is 390 g/mol. The lowest BCUT2D eigenvalue weighted by Crippen LogP contribution is -2.43. The Balaban J connectivity index is 1.74. The molecule has 0 unspecified atom stereocenters. The third-order valence-electron chi connectivity index (χ3n) is 5.60. The van der Waals surface area contributed by atoms with E-state index in [9.17, 15) is 4.79 Å². The summed E-state index contributed by atoms with van der Waals surface area (Å²) in [5.74, 6) is 1.97. The van der Waals surface area contributed by atoms with Gasteiger partial charge in [0, 0.05) is 19.3 Å². The highest BCUT2D eigenvalue weighted by atomic mass is 16.5. The van der Waals surface area contributed by atoms with Crippen molar-refractivity contribution >= 4 is 11.6 Å². The van der Waals surface area contributed by atoms with Gasteiger partial charge in [-0.1, -0.05) is 20.8 Å². The maximum absolute atomic E-state index is 12.6. The van der Waals surface area contributed by atoms with Gasteiger partial charge in [0.15, 0.2) is 0 Å². The van der Waals surface area contributed by atoms with Crippen molar-refractivity contribution in [2.45, 2.75) is 59.0 Å². The second-order valence-corrected chi connectivity index (χ2v) is 8.74. The molecule has 0 aromatic heterocycles. The van der Waals surface area contributed by atoms with Gasteiger partial charge in [0.2, 0.25) is 0 Å². The van der Waals surface area contributed by atoms with Crippen molar-refractivity contribution in [3.05, 3.63) is 24.3 Å². The fourth-order valence-electron chi connectivity index (χ4n) is 3.71. The van der Waals surface area contributed by atoms with E-state index in [1.54, 1.807) is 7.11 Å². The minimum Gasteiger partial charge on any atom is -0.494 e. The number of carbonyl (C=O) groups is 1. The van der Waals surface area contributed by atoms with E-state index in [4.69, 9.17) is 9.47 Å². The first kappa shape index (κ1) is 22.7. The predicted molar refractivity (Wildman–Crippen MR) is 115 cm³/mol. The van der Waals surface area contributed by atoms with Gasteiger partial charge in [-0.3, -0.25) is 4.79 Å². The highest BCUT2D eigenvalue weighted by Gasteiger charge is 2.33. The van der Waals surface area contributed by atoms with Crippen LogP contribution < -0.4 is 10.1 Å². The molecule has 1 N–H and O–H groups in total. The molecule has 5 nitrogen and oxygen atoms in total. The number of benzene rings is 1. The standard InChI is InChI=1S/C23H38N2O3/c1-18(2)17-23(4,27-5)22(26)24-20-7-9-21(10-8-20)28-16-6-13-25-14-11-19(3)12-15-25/h7-10,18-19H,6,11-17H2,1-5H3,(H,24,26)/t23-/m1/s1. The van der Waals surface area contributed by atoms with Crippen LogP contribution in [0.2, 0.25) is 0 Å². The molecule has 1 aliphatic rings. The van der Waals surface area contributed by atoms with Crippen LogP contribution in [0.25, 0.3) is 0 Å². The molecule has 0 radical (unpaired) electrons. The number of hydrogen-bond acceptors (Lipinski definition) is 4. The number of amides is 1. The molecule has 1 saturated heterocycles. The molecule has 1 atom stereocenters. The first-order chi connectivity index (χ1) is 13.3. The molecule has 1 aliphatic heterocycles. The average molecular weight is 391 g/mol. The summed E-state index contributed by atoms with van der Waals surface area (Å²) >= 11 is 0. The van der Waals surface area contributed by atoms with Crippen LogP contribution in [0.15, 0.2) is 24.3 Å². The van der Waals surface area contributed by atoms with Crippen molar-refractivity contribution in [1.29, 1.82) is 0 Å². The van der Waals surface area contributed by atoms with E-state index in [2.05, 4.69) is 31.0 Å². The van der Waals surface area contributed by atoms with Gasteiger partial charge in [0.25, 0.3) is 5.91 Å². The van der Waals surface area contributed by atoms with E-state index >= 15 is 0 Å². The SMILES string of the molecule is CO[C@](C)(CC(C)C)C(=O)Nc1ccc(OCCCN2CCC(C)CC2)cc1. The summed E-state index contributed by atoms with van der Waals surface area (Å²) in [5.41, 5.74) is -0.0675. The Morgan fingerprint density at radius 2 is 1.89 bits per heavy atom. The van der Waals surface area contributed by atoms with E-state index < -0.39 is 5.60 Å². The summed E-state index contributed by atoms with van der Waals surface area (Å²) in [6.45, 7) is 12.6. The molecule has 0 saturated carbocycles. The summed E-state index contributed by atoms with van der Waals surface area (Å²) < 4.78 is 11.3. The fraction of sp³-hybridized carbons (Fsp3) is 0.696. The van der Waals surface area contributed by atoms with E-state index in [-0.39, 0.29) is 5.91 Å². The Hall–Kier alpha value is -1.59. The number of piperidine rings is 1. The molecule has 1 heterocycles. The van der Waals surface area contributed by atoms with Crippen molar-refractivity contribution in [1.82, 2.24) is 4.90 Å². The molecule has 1 aromatic carbocycles. The quantitative estimate of drug-likeness (QED) is 0.594. The van der Waals surface area contributed by atoms with Gasteiger partial charge in [-0.2, -0.15) is 0 Å². The Kier molecular flexibility index (Phi) is 8.77. The molecule has 0 spiro atoms. The maximum Gasteiger partial charge on any atom is 0.256 e. The average Bonchev–Trinajstić information content (AvgIpc) is 2.67. The van der Waals surface area contributed by atoms with Gasteiger partial charge in [0.1, 0.15) is 11.4 Å². The summed E-state index contributed by atoms with van der Waals surface area (Å²) in [7, 11) is 1.59. The Morgan fingerprint density at radius 1 is 1.25 bits per heavy atom. The van der Waals surface area contributed by atoms with Crippen molar-refractivity contribution in [3.8, 4) is 5.75 Å². The molecule has 158 valence electrons. The van der Waals surface area contributed by atoms with Crippen LogP contribution >= 0.6 is 0 Å². The fourth-order valence-corrected chi connectivity index (χ4v) is 3.71. The minimum atomic E-state index is -0.824. The molecule has 1 fully saturated rings. The molecule has 2 rings (SSSR count). The summed E-state index contributed by atoms with van der Waals surface area (Å²) in [6, 6.07) is 7.57. The first-order valence-electron chi connectivity index (χ1n) is 10.6. The van der Waals surface area contributed by atoms with Crippen LogP contribution in [0, 0.1) is 11.8 Å². The van der Waals surface area contributed by atoms with Crippen LogP contribution in [-0.2, 0) is 9.53 Å². The Bertz CT molecular complexity index is 594. The highest BCUT2D eigenvalue weighted by molar-refractivity contribution is 5.97. The Morgan fingerprint density at radius 3 is 2.46 bits per heavy atom. The third-order valence-corrected chi connectivity index (χ3v) is 5.60. The number of carbonyl (C=O) groups excluding carboxylic acids is 1. The minimum absolute atomic E-state index is 0.117. The number of methoxy groups -OCH3 is 1. The molecule has 5 heteroatoms. The lowest BCUT2D eigenvalue weighted by molar-refractivity contribution is -0.137. The lowest BCUT2D eigenvalue weighted by Gasteiger charge is -2.30. The van der Waals surface area contributed by atoms with Crippen LogP contribution in [0.4, 0.5) is 5.69 Å². The van der Waals surface area contributed by atoms with Crippen LogP contribution in [0.5, 0.6) is 5.75 Å².